The van der Waals surface area contributed by atoms with Crippen LogP contribution in [0.1, 0.15) is 329 Å². The minimum absolute atomic E-state index is 0.186. The number of nitro groups is 1. The molecule has 1 aromatic carbocycles. The first kappa shape index (κ1) is 73.4. The first-order valence-electron chi connectivity index (χ1n) is 34.5. The van der Waals surface area contributed by atoms with Gasteiger partial charge in [0.2, 0.25) is 0 Å². The van der Waals surface area contributed by atoms with Crippen molar-refractivity contribution in [2.75, 3.05) is 18.5 Å². The minimum Gasteiger partial charge on any atom is -0.374 e. The zero-order valence-corrected chi connectivity index (χ0v) is 55.4. The lowest BCUT2D eigenvalue weighted by molar-refractivity contribution is -0.384. The van der Waals surface area contributed by atoms with Gasteiger partial charge in [-0.15, -0.1) is 0 Å². The summed E-state index contributed by atoms with van der Waals surface area (Å²) in [5.74, 6) is 12.3. The Morgan fingerprint density at radius 1 is 0.299 bits per heavy atom. The number of benzene rings is 1. The van der Waals surface area contributed by atoms with Crippen LogP contribution in [0.25, 0.3) is 0 Å². The van der Waals surface area contributed by atoms with Crippen molar-refractivity contribution in [2.45, 2.75) is 329 Å². The van der Waals surface area contributed by atoms with Gasteiger partial charge in [0, 0.05) is 31.4 Å². The molecule has 0 atom stereocenters. The average molecular weight is 1080 g/mol. The maximum absolute atomic E-state index is 11.6. The molecule has 4 heteroatoms. The van der Waals surface area contributed by atoms with Gasteiger partial charge in [0.1, 0.15) is 0 Å². The number of hydrogen-bond donors (Lipinski definition) is 0. The summed E-state index contributed by atoms with van der Waals surface area (Å²) in [5, 5.41) is 11.6. The van der Waals surface area contributed by atoms with Gasteiger partial charge in [-0.2, -0.15) is 0 Å². The normalized spacial score (nSPS) is 12.8. The summed E-state index contributed by atoms with van der Waals surface area (Å²) in [6.07, 6.45) is 47.5. The third-order valence-electron chi connectivity index (χ3n) is 18.6. The van der Waals surface area contributed by atoms with Crippen LogP contribution < -0.4 is 4.90 Å². The summed E-state index contributed by atoms with van der Waals surface area (Å²) >= 11 is 0. The molecule has 0 saturated carbocycles. The SMILES string of the molecule is CC(C)CCC(CCCC(CCCC(CCC(C)C)CCC(C)C)CCCC(CCCC(CCCC(CCC(C)C)CCC(C)C)CCCC(CCC(C)C)CCC(C)C)CN(C)c1ccc([N+](=O)[O-])cc1)CCC(C)C. The highest BCUT2D eigenvalue weighted by Crippen LogP contribution is 2.35. The van der Waals surface area contributed by atoms with Gasteiger partial charge in [0.25, 0.3) is 5.69 Å². The van der Waals surface area contributed by atoms with Crippen molar-refractivity contribution >= 4 is 11.4 Å². The smallest absolute Gasteiger partial charge is 0.269 e. The van der Waals surface area contributed by atoms with Crippen LogP contribution in [0.3, 0.4) is 0 Å². The molecular weight excluding hydrogens is 937 g/mol. The summed E-state index contributed by atoms with van der Waals surface area (Å²) in [6.45, 7) is 39.7. The third kappa shape index (κ3) is 42.0. The Morgan fingerprint density at radius 3 is 0.662 bits per heavy atom. The molecule has 0 bridgehead atoms. The summed E-state index contributed by atoms with van der Waals surface area (Å²) in [7, 11) is 2.24. The van der Waals surface area contributed by atoms with Crippen molar-refractivity contribution < 1.29 is 4.92 Å². The Bertz CT molecular complexity index is 1280. The first-order valence-corrected chi connectivity index (χ1v) is 34.5. The molecule has 0 aliphatic heterocycles. The van der Waals surface area contributed by atoms with Crippen molar-refractivity contribution in [1.82, 2.24) is 0 Å². The van der Waals surface area contributed by atoms with E-state index in [0.717, 1.165) is 95.1 Å². The summed E-state index contributed by atoms with van der Waals surface area (Å²) in [6, 6.07) is 7.37. The van der Waals surface area contributed by atoms with E-state index in [2.05, 4.69) is 123 Å². The van der Waals surface area contributed by atoms with Gasteiger partial charge in [-0.3, -0.25) is 10.1 Å². The van der Waals surface area contributed by atoms with E-state index in [4.69, 9.17) is 0 Å². The third-order valence-corrected chi connectivity index (χ3v) is 18.6. The molecule has 77 heavy (non-hydrogen) atoms. The number of hydrogen-bond acceptors (Lipinski definition) is 3. The molecule has 0 aliphatic rings. The summed E-state index contributed by atoms with van der Waals surface area (Å²) < 4.78 is 0. The predicted molar refractivity (Wildman–Crippen MR) is 346 cm³/mol. The highest BCUT2D eigenvalue weighted by atomic mass is 16.6. The number of non-ortho nitro benzene ring substituents is 1. The molecule has 0 radical (unpaired) electrons. The summed E-state index contributed by atoms with van der Waals surface area (Å²) in [4.78, 5) is 13.8. The molecule has 0 fully saturated rings. The van der Waals surface area contributed by atoms with Gasteiger partial charge in [-0.1, -0.05) is 316 Å². The molecule has 454 valence electrons. The van der Waals surface area contributed by atoms with E-state index < -0.39 is 0 Å². The molecule has 4 nitrogen and oxygen atoms in total. The highest BCUT2D eigenvalue weighted by molar-refractivity contribution is 5.50. The van der Waals surface area contributed by atoms with E-state index in [9.17, 15) is 10.1 Å². The van der Waals surface area contributed by atoms with E-state index in [1.165, 1.54) is 218 Å². The fraction of sp³-hybridized carbons (Fsp3) is 0.918. The molecule has 0 aromatic heterocycles. The van der Waals surface area contributed by atoms with Crippen molar-refractivity contribution in [1.29, 1.82) is 0 Å². The van der Waals surface area contributed by atoms with Gasteiger partial charge in [0.15, 0.2) is 0 Å². The van der Waals surface area contributed by atoms with Gasteiger partial charge < -0.3 is 4.90 Å². The maximum atomic E-state index is 11.6. The first-order chi connectivity index (χ1) is 36.5. The second-order valence-corrected chi connectivity index (χ2v) is 30.1. The standard InChI is InChI=1S/C73H140N2O2/c1-57(2)36-44-67(45-37-58(3)4)30-18-24-65(25-19-31-68(46-38-59(5)6)47-39-60(7)8)28-22-34-71(56-74(17)72-52-54-73(55-53-72)75(76)77)35-23-29-66(26-20-32-69(48-40-61(9)10)49-41-62(11)12)27-21-33-70(50-42-63(13)14)51-43-64(15)16/h52-55,57-71H,18-51,56H2,1-17H3. The molecule has 0 saturated heterocycles. The maximum Gasteiger partial charge on any atom is 0.269 e. The number of rotatable bonds is 52. The number of anilines is 1. The Hall–Kier alpha value is -1.58. The summed E-state index contributed by atoms with van der Waals surface area (Å²) in [5.41, 5.74) is 1.30. The zero-order chi connectivity index (χ0) is 57.5. The van der Waals surface area contributed by atoms with Crippen LogP contribution in [-0.2, 0) is 0 Å². The van der Waals surface area contributed by atoms with Crippen LogP contribution in [0.5, 0.6) is 0 Å². The van der Waals surface area contributed by atoms with E-state index in [-0.39, 0.29) is 10.6 Å². The Kier molecular flexibility index (Phi) is 42.9. The van der Waals surface area contributed by atoms with Gasteiger partial charge in [-0.05, 0) is 114 Å². The Balaban J connectivity index is 3.40. The van der Waals surface area contributed by atoms with Crippen molar-refractivity contribution in [3.8, 4) is 0 Å². The molecule has 0 amide bonds. The van der Waals surface area contributed by atoms with Crippen LogP contribution in [0.15, 0.2) is 24.3 Å². The van der Waals surface area contributed by atoms with E-state index in [1.807, 2.05) is 12.1 Å². The molecule has 1 aromatic rings. The molecule has 0 N–H and O–H groups in total. The van der Waals surface area contributed by atoms with E-state index >= 15 is 0 Å². The monoisotopic (exact) mass is 1080 g/mol. The topological polar surface area (TPSA) is 46.4 Å². The van der Waals surface area contributed by atoms with Crippen LogP contribution >= 0.6 is 0 Å². The molecule has 1 rings (SSSR count). The molecule has 0 aliphatic carbocycles. The lowest BCUT2D eigenvalue weighted by atomic mass is 9.82. The highest BCUT2D eigenvalue weighted by Gasteiger charge is 2.21. The van der Waals surface area contributed by atoms with E-state index in [1.54, 1.807) is 12.1 Å². The molecular formula is C73H140N2O2. The van der Waals surface area contributed by atoms with Crippen molar-refractivity contribution in [2.24, 2.45) is 88.8 Å². The predicted octanol–water partition coefficient (Wildman–Crippen LogP) is 24.9. The second kappa shape index (κ2) is 45.0. The molecule has 0 heterocycles. The van der Waals surface area contributed by atoms with Crippen LogP contribution in [-0.4, -0.2) is 18.5 Å². The van der Waals surface area contributed by atoms with E-state index in [0.29, 0.717) is 5.92 Å². The van der Waals surface area contributed by atoms with Crippen LogP contribution in [0, 0.1) is 98.9 Å². The fourth-order valence-electron chi connectivity index (χ4n) is 13.0. The van der Waals surface area contributed by atoms with Crippen molar-refractivity contribution in [3.05, 3.63) is 34.4 Å². The number of nitro benzene ring substituents is 1. The quantitative estimate of drug-likeness (QED) is 0.0482. The van der Waals surface area contributed by atoms with Gasteiger partial charge in [0.05, 0.1) is 4.92 Å². The van der Waals surface area contributed by atoms with Crippen LogP contribution in [0.4, 0.5) is 11.4 Å². The van der Waals surface area contributed by atoms with Gasteiger partial charge >= 0.3 is 0 Å². The Morgan fingerprint density at radius 2 is 0.481 bits per heavy atom. The zero-order valence-electron chi connectivity index (χ0n) is 55.4. The fourth-order valence-corrected chi connectivity index (χ4v) is 13.0. The molecule has 0 spiro atoms. The Labute approximate surface area is 484 Å². The second-order valence-electron chi connectivity index (χ2n) is 30.1. The largest absolute Gasteiger partial charge is 0.374 e. The average Bonchev–Trinajstić information content (AvgIpc) is 3.35. The number of nitrogens with zero attached hydrogens (tertiary/aromatic N) is 2. The van der Waals surface area contributed by atoms with Crippen molar-refractivity contribution in [3.63, 3.8) is 0 Å². The lowest BCUT2D eigenvalue weighted by Crippen LogP contribution is -2.26. The van der Waals surface area contributed by atoms with Gasteiger partial charge in [-0.25, -0.2) is 0 Å². The van der Waals surface area contributed by atoms with Crippen LogP contribution in [0.2, 0.25) is 0 Å². The molecule has 0 unspecified atom stereocenters. The minimum atomic E-state index is -0.261. The lowest BCUT2D eigenvalue weighted by Gasteiger charge is -2.28.